The molecule has 0 bridgehead atoms. The average Bonchev–Trinajstić information content (AvgIpc) is 3.25. The average molecular weight is 391 g/mol. The summed E-state index contributed by atoms with van der Waals surface area (Å²) in [6.45, 7) is 0.280. The molecule has 3 aromatic rings. The maximum atomic E-state index is 12.6. The van der Waals surface area contributed by atoms with Crippen LogP contribution in [0.4, 0.5) is 5.69 Å². The van der Waals surface area contributed by atoms with Crippen molar-refractivity contribution in [1.29, 1.82) is 0 Å². The Hall–Kier alpha value is -4.20. The van der Waals surface area contributed by atoms with E-state index in [9.17, 15) is 19.7 Å². The van der Waals surface area contributed by atoms with Gasteiger partial charge in [0.05, 0.1) is 11.2 Å². The number of nitrogens with zero attached hydrogens (tertiary/aromatic N) is 1. The molecule has 0 radical (unpaired) electrons. The summed E-state index contributed by atoms with van der Waals surface area (Å²) in [6.07, 6.45) is 2.85. The molecule has 1 aromatic heterocycles. The lowest BCUT2D eigenvalue weighted by Gasteiger charge is -2.11. The molecule has 8 nitrogen and oxygen atoms in total. The Labute approximate surface area is 166 Å². The van der Waals surface area contributed by atoms with Crippen LogP contribution in [-0.2, 0) is 11.3 Å². The standard InChI is InChI=1S/C21H17N3O5/c25-20(16-8-10-17(11-9-16)24(27)28)23-19(13-18-7-4-12-29-18)21(26)22-14-15-5-2-1-3-6-15/h1-13H,14H2,(H,22,26)(H,23,25)/b19-13-. The van der Waals surface area contributed by atoms with E-state index in [2.05, 4.69) is 10.6 Å². The van der Waals surface area contributed by atoms with Gasteiger partial charge in [-0.3, -0.25) is 19.7 Å². The van der Waals surface area contributed by atoms with E-state index in [0.29, 0.717) is 5.76 Å². The number of carbonyl (C=O) groups excluding carboxylic acids is 2. The third kappa shape index (κ3) is 5.39. The van der Waals surface area contributed by atoms with Gasteiger partial charge in [-0.1, -0.05) is 30.3 Å². The smallest absolute Gasteiger partial charge is 0.269 e. The zero-order valence-electron chi connectivity index (χ0n) is 15.2. The summed E-state index contributed by atoms with van der Waals surface area (Å²) in [7, 11) is 0. The van der Waals surface area contributed by atoms with Gasteiger partial charge in [0.2, 0.25) is 0 Å². The Kier molecular flexibility index (Phi) is 6.16. The molecule has 0 aliphatic rings. The largest absolute Gasteiger partial charge is 0.465 e. The number of hydrogen-bond acceptors (Lipinski definition) is 5. The number of non-ortho nitro benzene ring substituents is 1. The maximum Gasteiger partial charge on any atom is 0.269 e. The normalized spacial score (nSPS) is 11.0. The predicted molar refractivity (Wildman–Crippen MR) is 106 cm³/mol. The van der Waals surface area contributed by atoms with Crippen molar-refractivity contribution in [2.45, 2.75) is 6.54 Å². The molecular weight excluding hydrogens is 374 g/mol. The first-order valence-corrected chi connectivity index (χ1v) is 8.66. The predicted octanol–water partition coefficient (Wildman–Crippen LogP) is 3.28. The van der Waals surface area contributed by atoms with Gasteiger partial charge in [0.1, 0.15) is 11.5 Å². The number of nitrogens with one attached hydrogen (secondary N) is 2. The molecule has 3 rings (SSSR count). The minimum Gasteiger partial charge on any atom is -0.465 e. The van der Waals surface area contributed by atoms with Crippen LogP contribution in [-0.4, -0.2) is 16.7 Å². The van der Waals surface area contributed by atoms with Crippen LogP contribution in [0.25, 0.3) is 6.08 Å². The quantitative estimate of drug-likeness (QED) is 0.364. The molecule has 29 heavy (non-hydrogen) atoms. The van der Waals surface area contributed by atoms with Crippen LogP contribution < -0.4 is 10.6 Å². The second-order valence-corrected chi connectivity index (χ2v) is 6.00. The van der Waals surface area contributed by atoms with Crippen LogP contribution in [0, 0.1) is 10.1 Å². The van der Waals surface area contributed by atoms with Gasteiger partial charge in [-0.15, -0.1) is 0 Å². The highest BCUT2D eigenvalue weighted by atomic mass is 16.6. The van der Waals surface area contributed by atoms with Gasteiger partial charge in [0, 0.05) is 30.3 Å². The molecule has 0 unspecified atom stereocenters. The lowest BCUT2D eigenvalue weighted by atomic mass is 10.2. The fourth-order valence-electron chi connectivity index (χ4n) is 2.48. The van der Waals surface area contributed by atoms with Crippen molar-refractivity contribution < 1.29 is 18.9 Å². The second kappa shape index (κ2) is 9.14. The number of benzene rings is 2. The fraction of sp³-hybridized carbons (Fsp3) is 0.0476. The number of furan rings is 1. The van der Waals surface area contributed by atoms with Crippen LogP contribution in [0.3, 0.4) is 0 Å². The molecule has 146 valence electrons. The van der Waals surface area contributed by atoms with E-state index >= 15 is 0 Å². The van der Waals surface area contributed by atoms with Crippen molar-refractivity contribution in [2.24, 2.45) is 0 Å². The van der Waals surface area contributed by atoms with E-state index in [1.165, 1.54) is 36.6 Å². The second-order valence-electron chi connectivity index (χ2n) is 6.00. The Morgan fingerprint density at radius 2 is 1.72 bits per heavy atom. The molecule has 0 aliphatic heterocycles. The van der Waals surface area contributed by atoms with Crippen LogP contribution in [0.2, 0.25) is 0 Å². The van der Waals surface area contributed by atoms with Crippen molar-refractivity contribution in [3.05, 3.63) is 106 Å². The molecule has 0 saturated heterocycles. The fourth-order valence-corrected chi connectivity index (χ4v) is 2.48. The minimum atomic E-state index is -0.576. The maximum absolute atomic E-state index is 12.6. The van der Waals surface area contributed by atoms with E-state index in [1.807, 2.05) is 30.3 Å². The zero-order chi connectivity index (χ0) is 20.6. The highest BCUT2D eigenvalue weighted by Gasteiger charge is 2.16. The van der Waals surface area contributed by atoms with Crippen molar-refractivity contribution in [3.8, 4) is 0 Å². The summed E-state index contributed by atoms with van der Waals surface area (Å²) < 4.78 is 5.22. The molecule has 2 N–H and O–H groups in total. The first kappa shape index (κ1) is 19.6. The van der Waals surface area contributed by atoms with Crippen LogP contribution in [0.15, 0.2) is 83.1 Å². The van der Waals surface area contributed by atoms with Crippen molar-refractivity contribution in [3.63, 3.8) is 0 Å². The highest BCUT2D eigenvalue weighted by Crippen LogP contribution is 2.13. The summed E-state index contributed by atoms with van der Waals surface area (Å²) >= 11 is 0. The van der Waals surface area contributed by atoms with Crippen molar-refractivity contribution in [1.82, 2.24) is 10.6 Å². The molecule has 0 spiro atoms. The molecule has 2 aromatic carbocycles. The number of nitro benzene ring substituents is 1. The van der Waals surface area contributed by atoms with Gasteiger partial charge in [0.15, 0.2) is 0 Å². The summed E-state index contributed by atoms with van der Waals surface area (Å²) in [4.78, 5) is 35.3. The van der Waals surface area contributed by atoms with E-state index in [1.54, 1.807) is 12.1 Å². The minimum absolute atomic E-state index is 0.0146. The zero-order valence-corrected chi connectivity index (χ0v) is 15.2. The summed E-state index contributed by atoms with van der Waals surface area (Å²) in [5.41, 5.74) is 0.935. The molecule has 1 heterocycles. The third-order valence-corrected chi connectivity index (χ3v) is 3.96. The monoisotopic (exact) mass is 391 g/mol. The number of hydrogen-bond donors (Lipinski definition) is 2. The Balaban J connectivity index is 1.75. The molecule has 8 heteroatoms. The first-order valence-electron chi connectivity index (χ1n) is 8.66. The van der Waals surface area contributed by atoms with Gasteiger partial charge in [-0.25, -0.2) is 0 Å². The molecule has 0 fully saturated rings. The number of rotatable bonds is 7. The summed E-state index contributed by atoms with van der Waals surface area (Å²) in [5, 5.41) is 16.0. The van der Waals surface area contributed by atoms with Gasteiger partial charge in [-0.2, -0.15) is 0 Å². The van der Waals surface area contributed by atoms with E-state index in [4.69, 9.17) is 4.42 Å². The number of carbonyl (C=O) groups is 2. The SMILES string of the molecule is O=C(NCc1ccccc1)/C(=C/c1ccco1)NC(=O)c1ccc([N+](=O)[O-])cc1. The van der Waals surface area contributed by atoms with E-state index < -0.39 is 16.7 Å². The van der Waals surface area contributed by atoms with Gasteiger partial charge < -0.3 is 15.1 Å². The lowest BCUT2D eigenvalue weighted by molar-refractivity contribution is -0.384. The topological polar surface area (TPSA) is 114 Å². The van der Waals surface area contributed by atoms with Crippen molar-refractivity contribution in [2.75, 3.05) is 0 Å². The van der Waals surface area contributed by atoms with Crippen molar-refractivity contribution >= 4 is 23.6 Å². The highest BCUT2D eigenvalue weighted by molar-refractivity contribution is 6.05. The first-order chi connectivity index (χ1) is 14.0. The Bertz CT molecular complexity index is 1030. The van der Waals surface area contributed by atoms with Crippen LogP contribution in [0.5, 0.6) is 0 Å². The van der Waals surface area contributed by atoms with Crippen LogP contribution >= 0.6 is 0 Å². The molecule has 2 amide bonds. The molecule has 0 atom stereocenters. The third-order valence-electron chi connectivity index (χ3n) is 3.96. The Morgan fingerprint density at radius 3 is 2.34 bits per heavy atom. The van der Waals surface area contributed by atoms with E-state index in [0.717, 1.165) is 5.56 Å². The molecule has 0 saturated carbocycles. The summed E-state index contributed by atoms with van der Waals surface area (Å²) in [6, 6.07) is 17.7. The number of amides is 2. The summed E-state index contributed by atoms with van der Waals surface area (Å²) in [5.74, 6) is -0.688. The molecule has 0 aliphatic carbocycles. The number of nitro groups is 1. The van der Waals surface area contributed by atoms with Crippen LogP contribution in [0.1, 0.15) is 21.7 Å². The van der Waals surface area contributed by atoms with Gasteiger partial charge in [0.25, 0.3) is 17.5 Å². The lowest BCUT2D eigenvalue weighted by Crippen LogP contribution is -2.34. The van der Waals surface area contributed by atoms with E-state index in [-0.39, 0.29) is 23.5 Å². The van der Waals surface area contributed by atoms with Gasteiger partial charge >= 0.3 is 0 Å². The Morgan fingerprint density at radius 1 is 1.00 bits per heavy atom. The van der Waals surface area contributed by atoms with Gasteiger partial charge in [-0.05, 0) is 29.8 Å². The molecular formula is C21H17N3O5.